The zero-order valence-electron chi connectivity index (χ0n) is 10.9. The number of ether oxygens (including phenoxy) is 3. The van der Waals surface area contributed by atoms with Crippen LogP contribution in [0.4, 0.5) is 0 Å². The number of aromatic nitrogens is 2. The summed E-state index contributed by atoms with van der Waals surface area (Å²) < 4.78 is 16.8. The van der Waals surface area contributed by atoms with Crippen LogP contribution in [0.25, 0.3) is 5.69 Å². The largest absolute Gasteiger partial charge is 0.493 e. The van der Waals surface area contributed by atoms with Crippen LogP contribution < -0.4 is 19.6 Å². The molecule has 0 aliphatic rings. The van der Waals surface area contributed by atoms with E-state index >= 15 is 0 Å². The normalized spacial score (nSPS) is 10.1. The topological polar surface area (TPSA) is 62.6 Å². The third kappa shape index (κ3) is 2.52. The first-order valence-electron chi connectivity index (χ1n) is 5.56. The van der Waals surface area contributed by atoms with Crippen LogP contribution in [-0.4, -0.2) is 31.1 Å². The molecule has 0 saturated heterocycles. The van der Waals surface area contributed by atoms with E-state index in [2.05, 4.69) is 5.10 Å². The van der Waals surface area contributed by atoms with Crippen LogP contribution in [0.2, 0.25) is 0 Å². The second-order valence-electron chi connectivity index (χ2n) is 3.67. The maximum absolute atomic E-state index is 11.4. The van der Waals surface area contributed by atoms with E-state index in [1.807, 2.05) is 0 Å². The standard InChI is InChI=1S/C13H14N2O4/c1-17-11-5-4-9(8-12(11)18-2)15-7-6-10(16)13(14-15)19-3/h4-8H,1-3H3. The Morgan fingerprint density at radius 3 is 2.37 bits per heavy atom. The Kier molecular flexibility index (Phi) is 3.70. The molecule has 2 aromatic rings. The number of hydrogen-bond acceptors (Lipinski definition) is 5. The third-order valence-corrected chi connectivity index (χ3v) is 2.60. The van der Waals surface area contributed by atoms with Gasteiger partial charge in [0, 0.05) is 18.3 Å². The summed E-state index contributed by atoms with van der Waals surface area (Å²) >= 11 is 0. The first-order valence-corrected chi connectivity index (χ1v) is 5.56. The van der Waals surface area contributed by atoms with Crippen molar-refractivity contribution in [3.05, 3.63) is 40.7 Å². The summed E-state index contributed by atoms with van der Waals surface area (Å²) in [5.41, 5.74) is 0.468. The van der Waals surface area contributed by atoms with Gasteiger partial charge in [0.15, 0.2) is 11.5 Å². The lowest BCUT2D eigenvalue weighted by molar-refractivity contribution is 0.354. The van der Waals surface area contributed by atoms with Crippen molar-refractivity contribution >= 4 is 0 Å². The molecule has 6 nitrogen and oxygen atoms in total. The zero-order valence-corrected chi connectivity index (χ0v) is 10.9. The van der Waals surface area contributed by atoms with Gasteiger partial charge in [-0.3, -0.25) is 4.79 Å². The highest BCUT2D eigenvalue weighted by Gasteiger charge is 2.07. The summed E-state index contributed by atoms with van der Waals surface area (Å²) in [5, 5.41) is 4.08. The van der Waals surface area contributed by atoms with Gasteiger partial charge >= 0.3 is 0 Å². The first-order chi connectivity index (χ1) is 9.19. The van der Waals surface area contributed by atoms with Gasteiger partial charge in [-0.05, 0) is 12.1 Å². The maximum Gasteiger partial charge on any atom is 0.279 e. The molecule has 0 amide bonds. The molecule has 0 N–H and O–H groups in total. The highest BCUT2D eigenvalue weighted by atomic mass is 16.5. The van der Waals surface area contributed by atoms with Crippen molar-refractivity contribution in [2.45, 2.75) is 0 Å². The van der Waals surface area contributed by atoms with Crippen LogP contribution in [0.3, 0.4) is 0 Å². The van der Waals surface area contributed by atoms with E-state index in [9.17, 15) is 4.79 Å². The average Bonchev–Trinajstić information content (AvgIpc) is 2.47. The average molecular weight is 262 g/mol. The lowest BCUT2D eigenvalue weighted by atomic mass is 10.2. The van der Waals surface area contributed by atoms with Gasteiger partial charge in [0.05, 0.1) is 27.0 Å². The van der Waals surface area contributed by atoms with Crippen molar-refractivity contribution < 1.29 is 14.2 Å². The van der Waals surface area contributed by atoms with Crippen LogP contribution in [-0.2, 0) is 0 Å². The van der Waals surface area contributed by atoms with Crippen molar-refractivity contribution in [2.75, 3.05) is 21.3 Å². The van der Waals surface area contributed by atoms with E-state index in [4.69, 9.17) is 14.2 Å². The Bertz CT molecular complexity index is 637. The van der Waals surface area contributed by atoms with Crippen LogP contribution in [0.5, 0.6) is 17.4 Å². The summed E-state index contributed by atoms with van der Waals surface area (Å²) in [4.78, 5) is 11.4. The predicted octanol–water partition coefficient (Wildman–Crippen LogP) is 1.26. The number of benzene rings is 1. The van der Waals surface area contributed by atoms with Crippen molar-refractivity contribution in [1.82, 2.24) is 9.78 Å². The molecule has 0 unspecified atom stereocenters. The number of methoxy groups -OCH3 is 3. The second kappa shape index (κ2) is 5.43. The molecule has 0 atom stereocenters. The molecule has 1 aromatic heterocycles. The first kappa shape index (κ1) is 12.9. The molecule has 0 bridgehead atoms. The van der Waals surface area contributed by atoms with Gasteiger partial charge in [-0.2, -0.15) is 0 Å². The molecule has 0 fully saturated rings. The molecule has 1 aromatic carbocycles. The molecule has 0 aliphatic heterocycles. The van der Waals surface area contributed by atoms with E-state index < -0.39 is 0 Å². The van der Waals surface area contributed by atoms with Crippen molar-refractivity contribution in [3.63, 3.8) is 0 Å². The summed E-state index contributed by atoms with van der Waals surface area (Å²) in [6.07, 6.45) is 1.56. The predicted molar refractivity (Wildman–Crippen MR) is 69.5 cm³/mol. The van der Waals surface area contributed by atoms with E-state index in [1.54, 1.807) is 38.6 Å². The minimum atomic E-state index is -0.265. The molecule has 0 aliphatic carbocycles. The Balaban J connectivity index is 2.50. The Hall–Kier alpha value is -2.50. The number of nitrogens with zero attached hydrogens (tertiary/aromatic N) is 2. The molecule has 0 spiro atoms. The monoisotopic (exact) mass is 262 g/mol. The highest BCUT2D eigenvalue weighted by Crippen LogP contribution is 2.28. The molecule has 0 radical (unpaired) electrons. The fourth-order valence-electron chi connectivity index (χ4n) is 1.64. The lowest BCUT2D eigenvalue weighted by Gasteiger charge is -2.11. The molecule has 19 heavy (non-hydrogen) atoms. The van der Waals surface area contributed by atoms with Gasteiger partial charge < -0.3 is 14.2 Å². The lowest BCUT2D eigenvalue weighted by Crippen LogP contribution is -2.12. The molecular formula is C13H14N2O4. The van der Waals surface area contributed by atoms with E-state index in [1.165, 1.54) is 17.9 Å². The number of rotatable bonds is 4. The quantitative estimate of drug-likeness (QED) is 0.830. The second-order valence-corrected chi connectivity index (χ2v) is 3.67. The summed E-state index contributed by atoms with van der Waals surface area (Å²) in [6.45, 7) is 0. The van der Waals surface area contributed by atoms with Gasteiger partial charge in [-0.15, -0.1) is 5.10 Å². The van der Waals surface area contributed by atoms with Crippen molar-refractivity contribution in [2.24, 2.45) is 0 Å². The fraction of sp³-hybridized carbons (Fsp3) is 0.231. The van der Waals surface area contributed by atoms with Crippen LogP contribution in [0, 0.1) is 0 Å². The minimum absolute atomic E-state index is 0.0392. The van der Waals surface area contributed by atoms with E-state index in [0.29, 0.717) is 11.5 Å². The molecule has 6 heteroatoms. The van der Waals surface area contributed by atoms with Crippen LogP contribution in [0.1, 0.15) is 0 Å². The van der Waals surface area contributed by atoms with E-state index in [-0.39, 0.29) is 11.3 Å². The fourth-order valence-corrected chi connectivity index (χ4v) is 1.64. The van der Waals surface area contributed by atoms with Crippen LogP contribution >= 0.6 is 0 Å². The van der Waals surface area contributed by atoms with Gasteiger partial charge in [0.1, 0.15) is 0 Å². The third-order valence-electron chi connectivity index (χ3n) is 2.60. The van der Waals surface area contributed by atoms with Crippen LogP contribution in [0.15, 0.2) is 35.3 Å². The molecule has 1 heterocycles. The smallest absolute Gasteiger partial charge is 0.279 e. The van der Waals surface area contributed by atoms with Crippen molar-refractivity contribution in [1.29, 1.82) is 0 Å². The molecule has 0 saturated carbocycles. The Morgan fingerprint density at radius 2 is 1.74 bits per heavy atom. The molecule has 2 rings (SSSR count). The highest BCUT2D eigenvalue weighted by molar-refractivity contribution is 5.48. The summed E-state index contributed by atoms with van der Waals surface area (Å²) in [7, 11) is 4.53. The SMILES string of the molecule is COc1ccc(-n2ccc(=O)c(OC)n2)cc1OC. The van der Waals surface area contributed by atoms with E-state index in [0.717, 1.165) is 5.69 Å². The van der Waals surface area contributed by atoms with Gasteiger partial charge in [0.25, 0.3) is 5.88 Å². The van der Waals surface area contributed by atoms with Gasteiger partial charge in [-0.25, -0.2) is 4.68 Å². The minimum Gasteiger partial charge on any atom is -0.493 e. The Morgan fingerprint density at radius 1 is 1.00 bits per heavy atom. The maximum atomic E-state index is 11.4. The number of hydrogen-bond donors (Lipinski definition) is 0. The van der Waals surface area contributed by atoms with Gasteiger partial charge in [-0.1, -0.05) is 0 Å². The summed E-state index contributed by atoms with van der Waals surface area (Å²) in [5.74, 6) is 1.25. The molecule has 100 valence electrons. The summed E-state index contributed by atoms with van der Waals surface area (Å²) in [6, 6.07) is 6.72. The zero-order chi connectivity index (χ0) is 13.8. The van der Waals surface area contributed by atoms with Crippen molar-refractivity contribution in [3.8, 4) is 23.1 Å². The Labute approximate surface area is 110 Å². The molecular weight excluding hydrogens is 248 g/mol. The van der Waals surface area contributed by atoms with Gasteiger partial charge in [0.2, 0.25) is 5.43 Å².